The summed E-state index contributed by atoms with van der Waals surface area (Å²) in [6.45, 7) is 2.14. The lowest BCUT2D eigenvalue weighted by Crippen LogP contribution is -2.22. The largest absolute Gasteiger partial charge is 0.399 e. The Hall–Kier alpha value is -1.32. The predicted molar refractivity (Wildman–Crippen MR) is 87.4 cm³/mol. The zero-order valence-electron chi connectivity index (χ0n) is 11.4. The molecule has 1 unspecified atom stereocenters. The van der Waals surface area contributed by atoms with E-state index in [0.717, 1.165) is 23.2 Å². The second-order valence-electron chi connectivity index (χ2n) is 5.39. The number of hydrogen-bond donors (Lipinski definition) is 1. The molecule has 0 amide bonds. The summed E-state index contributed by atoms with van der Waals surface area (Å²) in [5.41, 5.74) is 9.35. The van der Waals surface area contributed by atoms with Gasteiger partial charge in [-0.15, -0.1) is 0 Å². The van der Waals surface area contributed by atoms with Crippen LogP contribution in [0.15, 0.2) is 53.0 Å². The normalized spacial score (nSPS) is 19.4. The van der Waals surface area contributed by atoms with Gasteiger partial charge < -0.3 is 5.73 Å². The van der Waals surface area contributed by atoms with E-state index >= 15 is 0 Å². The molecule has 0 aromatic heterocycles. The molecule has 3 rings (SSSR count). The summed E-state index contributed by atoms with van der Waals surface area (Å²) in [6.07, 6.45) is 2.52. The first-order chi connectivity index (χ1) is 9.74. The third-order valence-electron chi connectivity index (χ3n) is 4.00. The van der Waals surface area contributed by atoms with Gasteiger partial charge in [-0.25, -0.2) is 0 Å². The summed E-state index contributed by atoms with van der Waals surface area (Å²) in [7, 11) is 0. The van der Waals surface area contributed by atoms with Gasteiger partial charge in [0.05, 0.1) is 0 Å². The fourth-order valence-electron chi connectivity index (χ4n) is 2.98. The molecule has 2 N–H and O–H groups in total. The summed E-state index contributed by atoms with van der Waals surface area (Å²) >= 11 is 3.62. The minimum atomic E-state index is 0.542. The van der Waals surface area contributed by atoms with Crippen molar-refractivity contribution in [3.05, 3.63) is 64.1 Å². The van der Waals surface area contributed by atoms with Crippen molar-refractivity contribution in [3.63, 3.8) is 0 Å². The molecule has 104 valence electrons. The minimum Gasteiger partial charge on any atom is -0.399 e. The van der Waals surface area contributed by atoms with Crippen molar-refractivity contribution in [2.45, 2.75) is 25.4 Å². The number of nitrogens with zero attached hydrogens (tertiary/aromatic N) is 1. The minimum absolute atomic E-state index is 0.542. The highest BCUT2D eigenvalue weighted by molar-refractivity contribution is 9.10. The van der Waals surface area contributed by atoms with Crippen molar-refractivity contribution >= 4 is 21.6 Å². The van der Waals surface area contributed by atoms with Crippen LogP contribution in [-0.4, -0.2) is 11.4 Å². The van der Waals surface area contributed by atoms with E-state index in [9.17, 15) is 0 Å². The maximum atomic E-state index is 5.81. The van der Waals surface area contributed by atoms with Crippen molar-refractivity contribution in [2.24, 2.45) is 0 Å². The molecular formula is C17H19BrN2. The highest BCUT2D eigenvalue weighted by Crippen LogP contribution is 2.34. The Bertz CT molecular complexity index is 583. The highest BCUT2D eigenvalue weighted by atomic mass is 79.9. The van der Waals surface area contributed by atoms with Crippen molar-refractivity contribution in [2.75, 3.05) is 12.3 Å². The van der Waals surface area contributed by atoms with Crippen LogP contribution in [0.4, 0.5) is 5.69 Å². The van der Waals surface area contributed by atoms with E-state index in [4.69, 9.17) is 5.73 Å². The standard InChI is InChI=1S/C17H19BrN2/c18-16-11-15(19)9-8-14(16)12-20-10-4-7-17(20)13-5-2-1-3-6-13/h1-3,5-6,8-9,11,17H,4,7,10,12,19H2. The second-order valence-corrected chi connectivity index (χ2v) is 6.24. The number of anilines is 1. The molecular weight excluding hydrogens is 312 g/mol. The topological polar surface area (TPSA) is 29.3 Å². The Morgan fingerprint density at radius 2 is 1.95 bits per heavy atom. The van der Waals surface area contributed by atoms with Crippen molar-refractivity contribution in [1.82, 2.24) is 4.90 Å². The smallest absolute Gasteiger partial charge is 0.0352 e. The van der Waals surface area contributed by atoms with Crippen LogP contribution in [0.25, 0.3) is 0 Å². The van der Waals surface area contributed by atoms with E-state index in [1.165, 1.54) is 24.0 Å². The molecule has 0 radical (unpaired) electrons. The quantitative estimate of drug-likeness (QED) is 0.847. The molecule has 2 aromatic carbocycles. The molecule has 1 aliphatic rings. The molecule has 1 heterocycles. The third kappa shape index (κ3) is 2.89. The van der Waals surface area contributed by atoms with Crippen LogP contribution < -0.4 is 5.73 Å². The Morgan fingerprint density at radius 3 is 2.70 bits per heavy atom. The van der Waals surface area contributed by atoms with Gasteiger partial charge >= 0.3 is 0 Å². The maximum absolute atomic E-state index is 5.81. The highest BCUT2D eigenvalue weighted by Gasteiger charge is 2.26. The Balaban J connectivity index is 1.79. The molecule has 0 spiro atoms. The van der Waals surface area contributed by atoms with Crippen LogP contribution in [0.3, 0.4) is 0 Å². The number of likely N-dealkylation sites (tertiary alicyclic amines) is 1. The van der Waals surface area contributed by atoms with E-state index in [2.05, 4.69) is 57.2 Å². The van der Waals surface area contributed by atoms with Crippen molar-refractivity contribution < 1.29 is 0 Å². The summed E-state index contributed by atoms with van der Waals surface area (Å²) in [5.74, 6) is 0. The molecule has 1 fully saturated rings. The third-order valence-corrected chi connectivity index (χ3v) is 4.74. The monoisotopic (exact) mass is 330 g/mol. The Labute approximate surface area is 128 Å². The first kappa shape index (κ1) is 13.7. The average Bonchev–Trinajstić information content (AvgIpc) is 2.91. The molecule has 0 bridgehead atoms. The van der Waals surface area contributed by atoms with Crippen LogP contribution in [-0.2, 0) is 6.54 Å². The number of halogens is 1. The van der Waals surface area contributed by atoms with Gasteiger partial charge in [0, 0.05) is 22.7 Å². The van der Waals surface area contributed by atoms with Crippen LogP contribution >= 0.6 is 15.9 Å². The fourth-order valence-corrected chi connectivity index (χ4v) is 3.50. The zero-order chi connectivity index (χ0) is 13.9. The Kier molecular flexibility index (Phi) is 4.08. The zero-order valence-corrected chi connectivity index (χ0v) is 13.0. The van der Waals surface area contributed by atoms with Crippen LogP contribution in [0, 0.1) is 0 Å². The number of nitrogen functional groups attached to an aromatic ring is 1. The van der Waals surface area contributed by atoms with Crippen LogP contribution in [0.5, 0.6) is 0 Å². The molecule has 20 heavy (non-hydrogen) atoms. The van der Waals surface area contributed by atoms with E-state index in [0.29, 0.717) is 6.04 Å². The van der Waals surface area contributed by atoms with Gasteiger partial charge in [0.1, 0.15) is 0 Å². The van der Waals surface area contributed by atoms with E-state index in [1.807, 2.05) is 12.1 Å². The molecule has 0 aliphatic carbocycles. The van der Waals surface area contributed by atoms with E-state index < -0.39 is 0 Å². The lowest BCUT2D eigenvalue weighted by atomic mass is 10.0. The SMILES string of the molecule is Nc1ccc(CN2CCCC2c2ccccc2)c(Br)c1. The summed E-state index contributed by atoms with van der Waals surface area (Å²) in [4.78, 5) is 2.56. The van der Waals surface area contributed by atoms with E-state index in [1.54, 1.807) is 0 Å². The number of hydrogen-bond acceptors (Lipinski definition) is 2. The lowest BCUT2D eigenvalue weighted by Gasteiger charge is -2.25. The molecule has 2 aromatic rings. The lowest BCUT2D eigenvalue weighted by molar-refractivity contribution is 0.248. The summed E-state index contributed by atoms with van der Waals surface area (Å²) in [5, 5.41) is 0. The Morgan fingerprint density at radius 1 is 1.15 bits per heavy atom. The maximum Gasteiger partial charge on any atom is 0.0352 e. The first-order valence-corrected chi connectivity index (χ1v) is 7.86. The molecule has 1 saturated heterocycles. The van der Waals surface area contributed by atoms with Gasteiger partial charge in [-0.3, -0.25) is 4.90 Å². The van der Waals surface area contributed by atoms with Crippen LogP contribution in [0.1, 0.15) is 30.0 Å². The number of benzene rings is 2. The van der Waals surface area contributed by atoms with Gasteiger partial charge in [-0.1, -0.05) is 52.3 Å². The van der Waals surface area contributed by atoms with Gasteiger partial charge in [0.25, 0.3) is 0 Å². The van der Waals surface area contributed by atoms with Crippen molar-refractivity contribution in [1.29, 1.82) is 0 Å². The molecule has 2 nitrogen and oxygen atoms in total. The van der Waals surface area contributed by atoms with E-state index in [-0.39, 0.29) is 0 Å². The molecule has 1 atom stereocenters. The van der Waals surface area contributed by atoms with Gasteiger partial charge in [-0.2, -0.15) is 0 Å². The second kappa shape index (κ2) is 5.98. The molecule has 3 heteroatoms. The van der Waals surface area contributed by atoms with Gasteiger partial charge in [0.2, 0.25) is 0 Å². The van der Waals surface area contributed by atoms with Gasteiger partial charge in [0.15, 0.2) is 0 Å². The average molecular weight is 331 g/mol. The number of rotatable bonds is 3. The number of nitrogens with two attached hydrogens (primary N) is 1. The first-order valence-electron chi connectivity index (χ1n) is 7.07. The predicted octanol–water partition coefficient (Wildman–Crippen LogP) is 4.37. The summed E-state index contributed by atoms with van der Waals surface area (Å²) < 4.78 is 1.11. The fraction of sp³-hybridized carbons (Fsp3) is 0.294. The molecule has 0 saturated carbocycles. The van der Waals surface area contributed by atoms with Gasteiger partial charge in [-0.05, 0) is 42.6 Å². The van der Waals surface area contributed by atoms with Crippen molar-refractivity contribution in [3.8, 4) is 0 Å². The summed E-state index contributed by atoms with van der Waals surface area (Å²) in [6, 6.07) is 17.5. The van der Waals surface area contributed by atoms with Crippen LogP contribution in [0.2, 0.25) is 0 Å². The molecule has 1 aliphatic heterocycles.